The van der Waals surface area contributed by atoms with Crippen molar-refractivity contribution in [1.29, 1.82) is 0 Å². The zero-order chi connectivity index (χ0) is 14.8. The minimum absolute atomic E-state index is 0.0141. The van der Waals surface area contributed by atoms with Crippen LogP contribution < -0.4 is 10.6 Å². The molecule has 2 N–H and O–H groups in total. The number of rotatable bonds is 2. The first kappa shape index (κ1) is 13.1. The maximum Gasteiger partial charge on any atom is 0.327 e. The third kappa shape index (κ3) is 3.00. The van der Waals surface area contributed by atoms with Crippen LogP contribution in [-0.4, -0.2) is 11.0 Å². The van der Waals surface area contributed by atoms with Crippen LogP contribution in [0, 0.1) is 12.7 Å². The monoisotopic (exact) mass is 285 g/mol. The molecule has 0 saturated carbocycles. The number of fused-ring (bicyclic) bond motifs is 1. The van der Waals surface area contributed by atoms with Crippen molar-refractivity contribution in [1.82, 2.24) is 4.98 Å². The van der Waals surface area contributed by atoms with Crippen molar-refractivity contribution in [3.8, 4) is 0 Å². The summed E-state index contributed by atoms with van der Waals surface area (Å²) >= 11 is 0. The number of urea groups is 1. The molecule has 0 saturated heterocycles. The fourth-order valence-corrected chi connectivity index (χ4v) is 1.85. The van der Waals surface area contributed by atoms with E-state index in [4.69, 9.17) is 4.42 Å². The summed E-state index contributed by atoms with van der Waals surface area (Å²) < 4.78 is 18.3. The van der Waals surface area contributed by atoms with Gasteiger partial charge in [0, 0.05) is 11.8 Å². The second-order valence-electron chi connectivity index (χ2n) is 4.58. The topological polar surface area (TPSA) is 67.2 Å². The van der Waals surface area contributed by atoms with Crippen molar-refractivity contribution in [3.05, 3.63) is 53.8 Å². The Kier molecular flexibility index (Phi) is 3.27. The maximum absolute atomic E-state index is 13.0. The SMILES string of the molecule is Cc1ccc(NC(=O)Nc2nc3cc(F)ccc3o2)cc1. The number of anilines is 2. The van der Waals surface area contributed by atoms with Crippen molar-refractivity contribution < 1.29 is 13.6 Å². The van der Waals surface area contributed by atoms with Crippen molar-refractivity contribution in [2.45, 2.75) is 6.92 Å². The Morgan fingerprint density at radius 3 is 2.67 bits per heavy atom. The van der Waals surface area contributed by atoms with E-state index in [9.17, 15) is 9.18 Å². The van der Waals surface area contributed by atoms with Crippen LogP contribution in [0.1, 0.15) is 5.56 Å². The molecule has 1 heterocycles. The van der Waals surface area contributed by atoms with Gasteiger partial charge in [-0.3, -0.25) is 5.32 Å². The van der Waals surface area contributed by atoms with E-state index >= 15 is 0 Å². The van der Waals surface area contributed by atoms with Crippen LogP contribution in [0.3, 0.4) is 0 Å². The van der Waals surface area contributed by atoms with Gasteiger partial charge in [-0.2, -0.15) is 4.98 Å². The predicted molar refractivity (Wildman–Crippen MR) is 77.8 cm³/mol. The predicted octanol–water partition coefficient (Wildman–Crippen LogP) is 3.92. The lowest BCUT2D eigenvalue weighted by molar-refractivity contribution is 0.261. The molecule has 0 radical (unpaired) electrons. The molecular formula is C15H12FN3O2. The number of nitrogens with zero attached hydrogens (tertiary/aromatic N) is 1. The van der Waals surface area contributed by atoms with Crippen molar-refractivity contribution in [3.63, 3.8) is 0 Å². The molecule has 21 heavy (non-hydrogen) atoms. The summed E-state index contributed by atoms with van der Waals surface area (Å²) in [5.41, 5.74) is 2.50. The molecule has 6 heteroatoms. The first-order valence-electron chi connectivity index (χ1n) is 6.31. The average molecular weight is 285 g/mol. The number of halogens is 1. The molecule has 0 aliphatic rings. The van der Waals surface area contributed by atoms with Crippen LogP contribution in [0.25, 0.3) is 11.1 Å². The summed E-state index contributed by atoms with van der Waals surface area (Å²) in [6.45, 7) is 1.96. The Bertz CT molecular complexity index is 796. The van der Waals surface area contributed by atoms with Crippen LogP contribution in [0.2, 0.25) is 0 Å². The molecule has 2 amide bonds. The number of amides is 2. The van der Waals surface area contributed by atoms with Gasteiger partial charge in [0.1, 0.15) is 11.3 Å². The second-order valence-corrected chi connectivity index (χ2v) is 4.58. The highest BCUT2D eigenvalue weighted by Gasteiger charge is 2.10. The Morgan fingerprint density at radius 1 is 1.14 bits per heavy atom. The first-order chi connectivity index (χ1) is 10.1. The minimum atomic E-state index is -0.481. The molecule has 0 fully saturated rings. The van der Waals surface area contributed by atoms with Crippen LogP contribution in [0.4, 0.5) is 20.9 Å². The molecule has 1 aromatic heterocycles. The summed E-state index contributed by atoms with van der Waals surface area (Å²) in [6, 6.07) is 10.8. The summed E-state index contributed by atoms with van der Waals surface area (Å²) in [4.78, 5) is 15.8. The van der Waals surface area contributed by atoms with Crippen molar-refractivity contribution in [2.24, 2.45) is 0 Å². The molecule has 0 unspecified atom stereocenters. The molecule has 106 valence electrons. The van der Waals surface area contributed by atoms with Gasteiger partial charge in [0.15, 0.2) is 5.58 Å². The van der Waals surface area contributed by atoms with E-state index in [0.717, 1.165) is 5.56 Å². The minimum Gasteiger partial charge on any atom is -0.423 e. The number of nitrogens with one attached hydrogen (secondary N) is 2. The third-order valence-corrected chi connectivity index (χ3v) is 2.88. The summed E-state index contributed by atoms with van der Waals surface area (Å²) in [5.74, 6) is -0.411. The van der Waals surface area contributed by atoms with E-state index in [1.165, 1.54) is 18.2 Å². The van der Waals surface area contributed by atoms with Gasteiger partial charge in [-0.1, -0.05) is 17.7 Å². The molecule has 0 aliphatic carbocycles. The standard InChI is InChI=1S/C15H12FN3O2/c1-9-2-5-11(6-3-9)17-14(20)19-15-18-12-8-10(16)4-7-13(12)21-15/h2-8H,1H3,(H2,17,18,19,20). The molecule has 0 aliphatic heterocycles. The largest absolute Gasteiger partial charge is 0.423 e. The van der Waals surface area contributed by atoms with Crippen LogP contribution >= 0.6 is 0 Å². The fourth-order valence-electron chi connectivity index (χ4n) is 1.85. The van der Waals surface area contributed by atoms with Gasteiger partial charge in [0.25, 0.3) is 0 Å². The van der Waals surface area contributed by atoms with Gasteiger partial charge in [0.05, 0.1) is 0 Å². The molecule has 5 nitrogen and oxygen atoms in total. The summed E-state index contributed by atoms with van der Waals surface area (Å²) in [6.07, 6.45) is 0. The Balaban J connectivity index is 1.72. The van der Waals surface area contributed by atoms with Gasteiger partial charge in [0.2, 0.25) is 0 Å². The van der Waals surface area contributed by atoms with Crippen LogP contribution in [0.5, 0.6) is 0 Å². The van der Waals surface area contributed by atoms with Crippen molar-refractivity contribution >= 4 is 28.8 Å². The lowest BCUT2D eigenvalue weighted by Gasteiger charge is -2.04. The van der Waals surface area contributed by atoms with Gasteiger partial charge in [-0.25, -0.2) is 9.18 Å². The molecule has 3 aromatic rings. The van der Waals surface area contributed by atoms with Gasteiger partial charge < -0.3 is 9.73 Å². The molecule has 0 spiro atoms. The number of carbonyl (C=O) groups is 1. The van der Waals surface area contributed by atoms with E-state index < -0.39 is 11.8 Å². The number of hydrogen-bond donors (Lipinski definition) is 2. The molecule has 2 aromatic carbocycles. The number of carbonyl (C=O) groups excluding carboxylic acids is 1. The quantitative estimate of drug-likeness (QED) is 0.750. The smallest absolute Gasteiger partial charge is 0.327 e. The molecule has 0 bridgehead atoms. The van der Waals surface area contributed by atoms with E-state index in [1.54, 1.807) is 12.1 Å². The first-order valence-corrected chi connectivity index (χ1v) is 6.31. The van der Waals surface area contributed by atoms with E-state index in [1.807, 2.05) is 19.1 Å². The highest BCUT2D eigenvalue weighted by Crippen LogP contribution is 2.19. The normalized spacial score (nSPS) is 10.6. The van der Waals surface area contributed by atoms with Gasteiger partial charge in [-0.05, 0) is 31.2 Å². The Morgan fingerprint density at radius 2 is 1.90 bits per heavy atom. The number of benzene rings is 2. The lowest BCUT2D eigenvalue weighted by atomic mass is 10.2. The lowest BCUT2D eigenvalue weighted by Crippen LogP contribution is -2.19. The molecular weight excluding hydrogens is 273 g/mol. The third-order valence-electron chi connectivity index (χ3n) is 2.88. The van der Waals surface area contributed by atoms with Crippen LogP contribution in [-0.2, 0) is 0 Å². The number of aromatic nitrogens is 1. The highest BCUT2D eigenvalue weighted by atomic mass is 19.1. The van der Waals surface area contributed by atoms with Gasteiger partial charge in [-0.15, -0.1) is 0 Å². The second kappa shape index (κ2) is 5.24. The van der Waals surface area contributed by atoms with Crippen LogP contribution in [0.15, 0.2) is 46.9 Å². The Hall–Kier alpha value is -2.89. The summed E-state index contributed by atoms with van der Waals surface area (Å²) in [7, 11) is 0. The Labute approximate surface area is 119 Å². The van der Waals surface area contributed by atoms with E-state index in [0.29, 0.717) is 16.8 Å². The number of hydrogen-bond acceptors (Lipinski definition) is 3. The fraction of sp³-hybridized carbons (Fsp3) is 0.0667. The number of oxazole rings is 1. The van der Waals surface area contributed by atoms with E-state index in [2.05, 4.69) is 15.6 Å². The number of aryl methyl sites for hydroxylation is 1. The molecule has 0 atom stereocenters. The molecule has 3 rings (SSSR count). The van der Waals surface area contributed by atoms with Crippen molar-refractivity contribution in [2.75, 3.05) is 10.6 Å². The zero-order valence-electron chi connectivity index (χ0n) is 11.2. The van der Waals surface area contributed by atoms with E-state index in [-0.39, 0.29) is 6.01 Å². The van der Waals surface area contributed by atoms with Gasteiger partial charge >= 0.3 is 12.0 Å². The average Bonchev–Trinajstić information content (AvgIpc) is 2.82. The summed E-state index contributed by atoms with van der Waals surface area (Å²) in [5, 5.41) is 5.11. The highest BCUT2D eigenvalue weighted by molar-refractivity contribution is 5.99. The zero-order valence-corrected chi connectivity index (χ0v) is 11.2. The maximum atomic E-state index is 13.0.